The monoisotopic (exact) mass is 257 g/mol. The molecule has 15 heavy (non-hydrogen) atoms. The van der Waals surface area contributed by atoms with Gasteiger partial charge in [0, 0.05) is 13.1 Å². The molecule has 0 atom stereocenters. The summed E-state index contributed by atoms with van der Waals surface area (Å²) >= 11 is 0. The van der Waals surface area contributed by atoms with Crippen LogP contribution >= 0.6 is 0 Å². The molecule has 1 aliphatic heterocycles. The van der Waals surface area contributed by atoms with Gasteiger partial charge in [-0.3, -0.25) is 4.18 Å². The molecule has 8 heteroatoms. The van der Waals surface area contributed by atoms with Crippen molar-refractivity contribution in [3.05, 3.63) is 0 Å². The third kappa shape index (κ3) is 3.13. The van der Waals surface area contributed by atoms with E-state index >= 15 is 0 Å². The summed E-state index contributed by atoms with van der Waals surface area (Å²) in [5.41, 5.74) is 0. The number of rotatable bonds is 5. The smallest absolute Gasteiger partial charge is 0.264 e. The van der Waals surface area contributed by atoms with Crippen molar-refractivity contribution >= 4 is 20.1 Å². The summed E-state index contributed by atoms with van der Waals surface area (Å²) in [5, 5.41) is 0. The van der Waals surface area contributed by atoms with Gasteiger partial charge >= 0.3 is 0 Å². The zero-order chi connectivity index (χ0) is 11.7. The molecule has 0 radical (unpaired) electrons. The van der Waals surface area contributed by atoms with Gasteiger partial charge in [0.1, 0.15) is 6.10 Å². The highest BCUT2D eigenvalue weighted by Crippen LogP contribution is 2.18. The first kappa shape index (κ1) is 12.9. The third-order valence-corrected chi connectivity index (χ3v) is 5.30. The van der Waals surface area contributed by atoms with Gasteiger partial charge in [-0.15, -0.1) is 0 Å². The standard InChI is InChI=1S/C7H15NO5S2/c1-3-14(9,10)8-5-7(6-8)13-15(11,12)4-2/h7H,3-6H2,1-2H3. The van der Waals surface area contributed by atoms with Crippen molar-refractivity contribution in [2.75, 3.05) is 24.6 Å². The molecule has 0 aliphatic carbocycles. The Hall–Kier alpha value is -0.180. The van der Waals surface area contributed by atoms with Crippen LogP contribution in [0.3, 0.4) is 0 Å². The van der Waals surface area contributed by atoms with Crippen LogP contribution in [0.15, 0.2) is 0 Å². The fraction of sp³-hybridized carbons (Fsp3) is 1.00. The lowest BCUT2D eigenvalue weighted by atomic mass is 10.2. The van der Waals surface area contributed by atoms with Crippen LogP contribution in [0, 0.1) is 0 Å². The zero-order valence-electron chi connectivity index (χ0n) is 8.71. The first-order valence-electron chi connectivity index (χ1n) is 4.69. The van der Waals surface area contributed by atoms with Gasteiger partial charge in [0.15, 0.2) is 0 Å². The largest absolute Gasteiger partial charge is 0.267 e. The average molecular weight is 257 g/mol. The minimum Gasteiger partial charge on any atom is -0.264 e. The predicted molar refractivity (Wildman–Crippen MR) is 55.4 cm³/mol. The highest BCUT2D eigenvalue weighted by molar-refractivity contribution is 7.89. The number of sulfonamides is 1. The normalized spacial score (nSPS) is 20.1. The molecular formula is C7H15NO5S2. The van der Waals surface area contributed by atoms with Gasteiger partial charge in [-0.2, -0.15) is 12.7 Å². The molecule has 1 heterocycles. The summed E-state index contributed by atoms with van der Waals surface area (Å²) in [6, 6.07) is 0. The molecule has 90 valence electrons. The molecule has 0 aromatic carbocycles. The fourth-order valence-corrected chi connectivity index (χ4v) is 2.97. The van der Waals surface area contributed by atoms with Gasteiger partial charge in [-0.25, -0.2) is 8.42 Å². The summed E-state index contributed by atoms with van der Waals surface area (Å²) in [5.74, 6) is -0.0652. The Balaban J connectivity index is 2.46. The molecule has 0 aromatic heterocycles. The van der Waals surface area contributed by atoms with Gasteiger partial charge in [-0.05, 0) is 13.8 Å². The number of hydrogen-bond donors (Lipinski definition) is 0. The predicted octanol–water partition coefficient (Wildman–Crippen LogP) is -0.613. The van der Waals surface area contributed by atoms with E-state index in [-0.39, 0.29) is 24.6 Å². The van der Waals surface area contributed by atoms with Gasteiger partial charge < -0.3 is 0 Å². The van der Waals surface area contributed by atoms with E-state index in [0.717, 1.165) is 0 Å². The molecule has 0 aromatic rings. The molecule has 0 spiro atoms. The summed E-state index contributed by atoms with van der Waals surface area (Å²) < 4.78 is 50.6. The second-order valence-electron chi connectivity index (χ2n) is 3.28. The van der Waals surface area contributed by atoms with Crippen LogP contribution < -0.4 is 0 Å². The maximum Gasteiger partial charge on any atom is 0.267 e. The summed E-state index contributed by atoms with van der Waals surface area (Å²) in [6.07, 6.45) is -0.517. The molecule has 0 unspecified atom stereocenters. The van der Waals surface area contributed by atoms with Crippen molar-refractivity contribution in [1.29, 1.82) is 0 Å². The van der Waals surface area contributed by atoms with Crippen molar-refractivity contribution in [1.82, 2.24) is 4.31 Å². The molecule has 6 nitrogen and oxygen atoms in total. The van der Waals surface area contributed by atoms with E-state index in [0.29, 0.717) is 0 Å². The summed E-state index contributed by atoms with van der Waals surface area (Å²) in [4.78, 5) is 0. The van der Waals surface area contributed by atoms with Crippen LogP contribution in [0.1, 0.15) is 13.8 Å². The van der Waals surface area contributed by atoms with E-state index in [1.54, 1.807) is 6.92 Å². The van der Waals surface area contributed by atoms with Crippen LogP contribution in [0.5, 0.6) is 0 Å². The zero-order valence-corrected chi connectivity index (χ0v) is 10.3. The van der Waals surface area contributed by atoms with E-state index in [1.165, 1.54) is 11.2 Å². The van der Waals surface area contributed by atoms with Crippen molar-refractivity contribution in [3.8, 4) is 0 Å². The molecule has 1 saturated heterocycles. The van der Waals surface area contributed by atoms with Crippen LogP contribution in [0.4, 0.5) is 0 Å². The number of nitrogens with zero attached hydrogens (tertiary/aromatic N) is 1. The van der Waals surface area contributed by atoms with E-state index in [2.05, 4.69) is 0 Å². The minimum absolute atomic E-state index is 0.0280. The molecule has 1 rings (SSSR count). The van der Waals surface area contributed by atoms with E-state index in [1.807, 2.05) is 0 Å². The van der Waals surface area contributed by atoms with Crippen LogP contribution in [-0.4, -0.2) is 51.8 Å². The topological polar surface area (TPSA) is 80.8 Å². The van der Waals surface area contributed by atoms with Gasteiger partial charge in [0.25, 0.3) is 10.1 Å². The second-order valence-corrected chi connectivity index (χ2v) is 7.42. The molecule has 0 amide bonds. The molecular weight excluding hydrogens is 242 g/mol. The van der Waals surface area contributed by atoms with Crippen LogP contribution in [0.25, 0.3) is 0 Å². The average Bonchev–Trinajstić information content (AvgIpc) is 2.10. The fourth-order valence-electron chi connectivity index (χ4n) is 1.15. The maximum atomic E-state index is 11.3. The minimum atomic E-state index is -3.48. The van der Waals surface area contributed by atoms with Gasteiger partial charge in [0.2, 0.25) is 10.0 Å². The molecule has 1 aliphatic rings. The van der Waals surface area contributed by atoms with E-state index in [9.17, 15) is 16.8 Å². The molecule has 0 saturated carbocycles. The van der Waals surface area contributed by atoms with Crippen molar-refractivity contribution in [2.45, 2.75) is 20.0 Å². The maximum absolute atomic E-state index is 11.3. The lowest BCUT2D eigenvalue weighted by Gasteiger charge is -2.36. The highest BCUT2D eigenvalue weighted by Gasteiger charge is 2.37. The first-order chi connectivity index (χ1) is 6.80. The Bertz CT molecular complexity index is 407. The SMILES string of the molecule is CCS(=O)(=O)OC1CN(S(=O)(=O)CC)C1. The van der Waals surface area contributed by atoms with Crippen LogP contribution in [-0.2, 0) is 24.3 Å². The van der Waals surface area contributed by atoms with E-state index in [4.69, 9.17) is 4.18 Å². The first-order valence-corrected chi connectivity index (χ1v) is 7.88. The lowest BCUT2D eigenvalue weighted by molar-refractivity contribution is 0.0823. The lowest BCUT2D eigenvalue weighted by Crippen LogP contribution is -2.55. The quantitative estimate of drug-likeness (QED) is 0.614. The Labute approximate surface area is 90.4 Å². The Kier molecular flexibility index (Phi) is 3.75. The summed E-state index contributed by atoms with van der Waals surface area (Å²) in [6.45, 7) is 3.30. The molecule has 1 fully saturated rings. The van der Waals surface area contributed by atoms with Gasteiger partial charge in [0.05, 0.1) is 11.5 Å². The Morgan fingerprint density at radius 3 is 2.07 bits per heavy atom. The van der Waals surface area contributed by atoms with Crippen molar-refractivity contribution in [2.24, 2.45) is 0 Å². The Morgan fingerprint density at radius 2 is 1.67 bits per heavy atom. The van der Waals surface area contributed by atoms with Crippen molar-refractivity contribution < 1.29 is 21.0 Å². The summed E-state index contributed by atoms with van der Waals surface area (Å²) in [7, 11) is -6.67. The highest BCUT2D eigenvalue weighted by atomic mass is 32.2. The Morgan fingerprint density at radius 1 is 1.13 bits per heavy atom. The second kappa shape index (κ2) is 4.36. The third-order valence-electron chi connectivity index (χ3n) is 2.21. The van der Waals surface area contributed by atoms with Crippen LogP contribution in [0.2, 0.25) is 0 Å². The van der Waals surface area contributed by atoms with Gasteiger partial charge in [-0.1, -0.05) is 0 Å². The number of hydrogen-bond acceptors (Lipinski definition) is 5. The molecule has 0 bridgehead atoms. The molecule has 0 N–H and O–H groups in total. The van der Waals surface area contributed by atoms with E-state index < -0.39 is 26.2 Å². The van der Waals surface area contributed by atoms with Crippen molar-refractivity contribution in [3.63, 3.8) is 0 Å².